The Bertz CT molecular complexity index is 1180. The van der Waals surface area contributed by atoms with E-state index in [1.54, 1.807) is 29.4 Å². The first-order chi connectivity index (χ1) is 13.0. The summed E-state index contributed by atoms with van der Waals surface area (Å²) in [5.41, 5.74) is 2.15. The lowest BCUT2D eigenvalue weighted by Gasteiger charge is -2.19. The van der Waals surface area contributed by atoms with E-state index in [0.717, 1.165) is 16.7 Å². The Hall–Kier alpha value is -3.68. The van der Waals surface area contributed by atoms with E-state index in [4.69, 9.17) is 0 Å². The van der Waals surface area contributed by atoms with Crippen LogP contribution in [-0.2, 0) is 0 Å². The molecule has 4 aromatic rings. The van der Waals surface area contributed by atoms with Crippen LogP contribution in [-0.4, -0.2) is 34.0 Å². The summed E-state index contributed by atoms with van der Waals surface area (Å²) in [5.74, 6) is -0.114. The molecule has 3 N–H and O–H groups in total. The lowest BCUT2D eigenvalue weighted by atomic mass is 10.1. The van der Waals surface area contributed by atoms with Crippen molar-refractivity contribution >= 4 is 28.2 Å². The largest absolute Gasteiger partial charge is 0.362 e. The van der Waals surface area contributed by atoms with Crippen LogP contribution in [0.3, 0.4) is 0 Å². The van der Waals surface area contributed by atoms with Crippen LogP contribution in [0, 0.1) is 5.95 Å². The standard InChI is InChI=1S/C19H17FN6O/c1-26(2)18-15(24-14-6-9-23-17-12(14)5-8-22-17)10-13(19(27)25-18)11-4-3-7-21-16(11)20/h3-10H,1-2H3,(H,25,27)(H2,22,23,24). The van der Waals surface area contributed by atoms with Gasteiger partial charge < -0.3 is 20.2 Å². The van der Waals surface area contributed by atoms with Gasteiger partial charge in [0.25, 0.3) is 5.56 Å². The van der Waals surface area contributed by atoms with Crippen LogP contribution in [0.15, 0.2) is 53.7 Å². The molecule has 0 fully saturated rings. The second-order valence-electron chi connectivity index (χ2n) is 6.23. The van der Waals surface area contributed by atoms with Gasteiger partial charge in [-0.15, -0.1) is 0 Å². The second kappa shape index (κ2) is 6.56. The van der Waals surface area contributed by atoms with Crippen molar-refractivity contribution in [2.45, 2.75) is 0 Å². The Morgan fingerprint density at radius 1 is 1.07 bits per heavy atom. The molecule has 7 nitrogen and oxygen atoms in total. The fraction of sp³-hybridized carbons (Fsp3) is 0.105. The van der Waals surface area contributed by atoms with Crippen LogP contribution in [0.4, 0.5) is 21.6 Å². The predicted octanol–water partition coefficient (Wildman–Crippen LogP) is 3.26. The minimum atomic E-state index is -0.691. The van der Waals surface area contributed by atoms with Gasteiger partial charge in [0.05, 0.1) is 16.9 Å². The number of H-pyrrole nitrogens is 2. The lowest BCUT2D eigenvalue weighted by molar-refractivity contribution is 0.587. The fourth-order valence-corrected chi connectivity index (χ4v) is 2.97. The third-order valence-electron chi connectivity index (χ3n) is 4.25. The smallest absolute Gasteiger partial charge is 0.257 e. The highest BCUT2D eigenvalue weighted by Crippen LogP contribution is 2.31. The summed E-state index contributed by atoms with van der Waals surface area (Å²) in [7, 11) is 3.64. The van der Waals surface area contributed by atoms with Gasteiger partial charge in [-0.25, -0.2) is 9.97 Å². The van der Waals surface area contributed by atoms with Crippen molar-refractivity contribution in [1.82, 2.24) is 19.9 Å². The molecule has 0 aromatic carbocycles. The average molecular weight is 364 g/mol. The van der Waals surface area contributed by atoms with Crippen LogP contribution in [0.1, 0.15) is 0 Å². The van der Waals surface area contributed by atoms with E-state index in [1.807, 2.05) is 26.2 Å². The summed E-state index contributed by atoms with van der Waals surface area (Å²) in [5, 5.41) is 4.23. The Labute approximate surface area is 153 Å². The van der Waals surface area contributed by atoms with E-state index in [2.05, 4.69) is 25.3 Å². The zero-order chi connectivity index (χ0) is 19.0. The average Bonchev–Trinajstić information content (AvgIpc) is 3.13. The number of nitrogens with zero attached hydrogens (tertiary/aromatic N) is 3. The molecule has 4 rings (SSSR count). The number of fused-ring (bicyclic) bond motifs is 1. The van der Waals surface area contributed by atoms with Crippen molar-refractivity contribution in [3.8, 4) is 11.1 Å². The van der Waals surface area contributed by atoms with Gasteiger partial charge in [0.15, 0.2) is 0 Å². The molecule has 0 saturated carbocycles. The first-order valence-electron chi connectivity index (χ1n) is 8.29. The molecule has 0 bridgehead atoms. The van der Waals surface area contributed by atoms with Gasteiger partial charge in [-0.3, -0.25) is 4.79 Å². The van der Waals surface area contributed by atoms with Crippen molar-refractivity contribution in [3.05, 3.63) is 65.2 Å². The molecule has 0 spiro atoms. The van der Waals surface area contributed by atoms with Crippen LogP contribution in [0.25, 0.3) is 22.2 Å². The number of pyridine rings is 3. The third kappa shape index (κ3) is 3.01. The number of hydrogen-bond donors (Lipinski definition) is 3. The van der Waals surface area contributed by atoms with E-state index in [1.165, 1.54) is 12.3 Å². The number of aromatic nitrogens is 4. The molecule has 0 aliphatic rings. The van der Waals surface area contributed by atoms with E-state index < -0.39 is 11.5 Å². The normalized spacial score (nSPS) is 10.9. The first-order valence-corrected chi connectivity index (χ1v) is 8.29. The van der Waals surface area contributed by atoms with Crippen molar-refractivity contribution in [2.75, 3.05) is 24.3 Å². The van der Waals surface area contributed by atoms with Crippen LogP contribution < -0.4 is 15.8 Å². The molecular weight excluding hydrogens is 347 g/mol. The number of anilines is 3. The highest BCUT2D eigenvalue weighted by molar-refractivity contribution is 5.92. The van der Waals surface area contributed by atoms with Crippen molar-refractivity contribution < 1.29 is 4.39 Å². The molecule has 0 aliphatic carbocycles. The summed E-state index contributed by atoms with van der Waals surface area (Å²) in [6.07, 6.45) is 4.84. The summed E-state index contributed by atoms with van der Waals surface area (Å²) >= 11 is 0. The van der Waals surface area contributed by atoms with Gasteiger partial charge >= 0.3 is 0 Å². The van der Waals surface area contributed by atoms with Crippen molar-refractivity contribution in [3.63, 3.8) is 0 Å². The van der Waals surface area contributed by atoms with Gasteiger partial charge in [-0.1, -0.05) is 0 Å². The molecule has 0 radical (unpaired) electrons. The Morgan fingerprint density at radius 3 is 2.70 bits per heavy atom. The molecule has 0 atom stereocenters. The first kappa shape index (κ1) is 16.8. The Balaban J connectivity index is 1.88. The molecule has 27 heavy (non-hydrogen) atoms. The van der Waals surface area contributed by atoms with Crippen molar-refractivity contribution in [1.29, 1.82) is 0 Å². The maximum absolute atomic E-state index is 14.1. The number of rotatable bonds is 4. The topological polar surface area (TPSA) is 89.7 Å². The molecule has 4 heterocycles. The highest BCUT2D eigenvalue weighted by atomic mass is 19.1. The Kier molecular flexibility index (Phi) is 4.08. The van der Waals surface area contributed by atoms with Crippen LogP contribution >= 0.6 is 0 Å². The number of hydrogen-bond acceptors (Lipinski definition) is 5. The molecule has 0 unspecified atom stereocenters. The second-order valence-corrected chi connectivity index (χ2v) is 6.23. The SMILES string of the molecule is CN(C)c1[nH]c(=O)c(-c2cccnc2F)cc1Nc1ccnc2[nH]ccc12. The molecule has 0 aliphatic heterocycles. The van der Waals surface area contributed by atoms with Gasteiger partial charge in [0.2, 0.25) is 5.95 Å². The minimum absolute atomic E-state index is 0.147. The summed E-state index contributed by atoms with van der Waals surface area (Å²) in [6.45, 7) is 0. The Morgan fingerprint density at radius 2 is 1.93 bits per heavy atom. The van der Waals surface area contributed by atoms with Gasteiger partial charge in [-0.05, 0) is 30.3 Å². The summed E-state index contributed by atoms with van der Waals surface area (Å²) < 4.78 is 14.1. The van der Waals surface area contributed by atoms with E-state index >= 15 is 0 Å². The lowest BCUT2D eigenvalue weighted by Crippen LogP contribution is -2.20. The van der Waals surface area contributed by atoms with Crippen LogP contribution in [0.5, 0.6) is 0 Å². The summed E-state index contributed by atoms with van der Waals surface area (Å²) in [6, 6.07) is 8.51. The molecule has 0 amide bonds. The predicted molar refractivity (Wildman–Crippen MR) is 104 cm³/mol. The van der Waals surface area contributed by atoms with Crippen molar-refractivity contribution in [2.24, 2.45) is 0 Å². The van der Waals surface area contributed by atoms with Crippen LogP contribution in [0.2, 0.25) is 0 Å². The molecule has 8 heteroatoms. The maximum atomic E-state index is 14.1. The highest BCUT2D eigenvalue weighted by Gasteiger charge is 2.16. The maximum Gasteiger partial charge on any atom is 0.257 e. The zero-order valence-electron chi connectivity index (χ0n) is 14.7. The minimum Gasteiger partial charge on any atom is -0.362 e. The number of aromatic amines is 2. The molecule has 0 saturated heterocycles. The fourth-order valence-electron chi connectivity index (χ4n) is 2.97. The number of halogens is 1. The molecular formula is C19H17FN6O. The zero-order valence-corrected chi connectivity index (χ0v) is 14.7. The van der Waals surface area contributed by atoms with E-state index in [0.29, 0.717) is 11.5 Å². The van der Waals surface area contributed by atoms with E-state index in [9.17, 15) is 9.18 Å². The van der Waals surface area contributed by atoms with Gasteiger partial charge in [0.1, 0.15) is 11.5 Å². The van der Waals surface area contributed by atoms with Gasteiger partial charge in [0, 0.05) is 43.6 Å². The number of nitrogens with one attached hydrogen (secondary N) is 3. The van der Waals surface area contributed by atoms with Gasteiger partial charge in [-0.2, -0.15) is 4.39 Å². The quantitative estimate of drug-likeness (QED) is 0.484. The molecule has 136 valence electrons. The monoisotopic (exact) mass is 364 g/mol. The molecule has 4 aromatic heterocycles. The van der Waals surface area contributed by atoms with E-state index in [-0.39, 0.29) is 11.1 Å². The summed E-state index contributed by atoms with van der Waals surface area (Å²) in [4.78, 5) is 28.1. The third-order valence-corrected chi connectivity index (χ3v) is 4.25.